The van der Waals surface area contributed by atoms with Gasteiger partial charge in [-0.05, 0) is 221 Å². The van der Waals surface area contributed by atoms with Crippen molar-refractivity contribution in [3.05, 3.63) is 214 Å². The van der Waals surface area contributed by atoms with Crippen molar-refractivity contribution in [2.24, 2.45) is 21.8 Å². The van der Waals surface area contributed by atoms with Crippen LogP contribution >= 0.6 is 0 Å². The lowest BCUT2D eigenvalue weighted by atomic mass is 9.65. The summed E-state index contributed by atoms with van der Waals surface area (Å²) in [7, 11) is 8.02. The lowest BCUT2D eigenvalue weighted by Crippen LogP contribution is -2.60. The van der Waals surface area contributed by atoms with Gasteiger partial charge in [0.1, 0.15) is 11.6 Å². The standard InChI is InChI=1S/C79H77N11O4/c1-87(2)38-7-10-74(91)50-15-17-51(18-16-50)75-83-66-33-29-58(44-70(66)85-75)59-30-34-67-71(45-59)86-76(84-67)52-19-25-55(26-20-52)79(94)90-40-6-9-63-62-8-5-39-89(72(62)35-36-73(63)90)78(93)54-23-13-49(14-24-54)69-47-61-43-57(28-32-65(61)82-69)56-27-31-64-60(42-56)46-68(81-64)48-11-21-53(22-12-48)77(92)80-37-41-88(3)4/h11-34,42-45,62-63,72-73H,5-10,35-41,46-47H2,1-4H3,(H,80,92)(H,83,85)(H,84,86). The Hall–Kier alpha value is -9.96. The highest BCUT2D eigenvalue weighted by molar-refractivity contribution is 6.09. The van der Waals surface area contributed by atoms with E-state index in [0.717, 1.165) is 184 Å². The number of carbonyl (C=O) groups excluding carboxylic acids is 4. The van der Waals surface area contributed by atoms with Crippen LogP contribution in [0, 0.1) is 11.8 Å². The Morgan fingerprint density at radius 2 is 0.883 bits per heavy atom. The van der Waals surface area contributed by atoms with Crippen molar-refractivity contribution in [1.82, 2.24) is 44.9 Å². The van der Waals surface area contributed by atoms with Crippen LogP contribution < -0.4 is 5.32 Å². The van der Waals surface area contributed by atoms with Gasteiger partial charge in [0.05, 0.1) is 44.9 Å². The highest BCUT2D eigenvalue weighted by Crippen LogP contribution is 2.46. The lowest BCUT2D eigenvalue weighted by Gasteiger charge is -2.54. The number of imidazole rings is 2. The molecule has 0 bridgehead atoms. The van der Waals surface area contributed by atoms with E-state index in [4.69, 9.17) is 20.0 Å². The summed E-state index contributed by atoms with van der Waals surface area (Å²) in [5.41, 5.74) is 20.9. The molecule has 1 aliphatic carbocycles. The van der Waals surface area contributed by atoms with Crippen molar-refractivity contribution < 1.29 is 19.2 Å². The van der Waals surface area contributed by atoms with E-state index in [0.29, 0.717) is 47.9 Å². The molecule has 10 aromatic rings. The normalized spacial score (nSPS) is 18.2. The monoisotopic (exact) mass is 1240 g/mol. The number of piperidine rings is 2. The van der Waals surface area contributed by atoms with Crippen LogP contribution in [-0.4, -0.2) is 147 Å². The molecule has 15 nitrogen and oxygen atoms in total. The molecule has 4 unspecified atom stereocenters. The Labute approximate surface area is 548 Å². The van der Waals surface area contributed by atoms with Crippen LogP contribution in [0.25, 0.3) is 67.1 Å². The van der Waals surface area contributed by atoms with Gasteiger partial charge in [-0.1, -0.05) is 84.9 Å². The molecule has 4 aliphatic heterocycles. The number of ketones is 1. The molecule has 4 atom stereocenters. The van der Waals surface area contributed by atoms with Crippen molar-refractivity contribution in [3.8, 4) is 45.0 Å². The number of fused-ring (bicyclic) bond motifs is 7. The first-order valence-corrected chi connectivity index (χ1v) is 33.4. The molecule has 5 aliphatic rings. The van der Waals surface area contributed by atoms with E-state index in [1.165, 1.54) is 11.1 Å². The van der Waals surface area contributed by atoms with Crippen molar-refractivity contribution in [2.45, 2.75) is 76.3 Å². The summed E-state index contributed by atoms with van der Waals surface area (Å²) in [5.74, 6) is 2.46. The molecule has 0 spiro atoms. The summed E-state index contributed by atoms with van der Waals surface area (Å²) in [6.45, 7) is 3.76. The van der Waals surface area contributed by atoms with Crippen molar-refractivity contribution in [1.29, 1.82) is 0 Å². The van der Waals surface area contributed by atoms with Gasteiger partial charge in [-0.2, -0.15) is 0 Å². The van der Waals surface area contributed by atoms with E-state index < -0.39 is 0 Å². The lowest BCUT2D eigenvalue weighted by molar-refractivity contribution is -0.0306. The Bertz CT molecular complexity index is 4640. The van der Waals surface area contributed by atoms with E-state index in [2.05, 4.69) is 103 Å². The van der Waals surface area contributed by atoms with E-state index in [1.54, 1.807) is 0 Å². The maximum atomic E-state index is 14.6. The third-order valence-corrected chi connectivity index (χ3v) is 20.2. The zero-order valence-electron chi connectivity index (χ0n) is 53.8. The second-order valence-corrected chi connectivity index (χ2v) is 26.8. The number of aromatic nitrogens is 4. The zero-order valence-corrected chi connectivity index (χ0v) is 53.8. The minimum absolute atomic E-state index is 0.0701. The molecule has 3 N–H and O–H groups in total. The predicted octanol–water partition coefficient (Wildman–Crippen LogP) is 14.2. The topological polar surface area (TPSA) is 175 Å². The SMILES string of the molecule is CN(C)CCCC(=O)c1ccc(-c2nc3ccc(-c4ccc5nc(-c6ccc(C(=O)N7CCCC8C9CCCN(C(=O)c%10ccc(C%11=Nc%12ccc(-c%13ccc%14c(c%13)CC(c%13ccc(C(=O)NCCN(C)C)cc%13)=N%14)cc%12C%11)cc%10)C9CCC87)cc6)[nH]c5c4)cc3[nH]2)cc1. The number of nitrogens with one attached hydrogen (secondary N) is 3. The van der Waals surface area contributed by atoms with Crippen LogP contribution in [0.2, 0.25) is 0 Å². The van der Waals surface area contributed by atoms with Gasteiger partial charge >= 0.3 is 0 Å². The highest BCUT2D eigenvalue weighted by atomic mass is 16.2. The van der Waals surface area contributed by atoms with Gasteiger partial charge in [0.2, 0.25) is 0 Å². The molecule has 6 heterocycles. The average Bonchev–Trinajstić information content (AvgIpc) is 0.923. The van der Waals surface area contributed by atoms with Gasteiger partial charge in [-0.15, -0.1) is 0 Å². The molecular weight excluding hydrogens is 1170 g/mol. The average molecular weight is 1240 g/mol. The summed E-state index contributed by atoms with van der Waals surface area (Å²) >= 11 is 0. The summed E-state index contributed by atoms with van der Waals surface area (Å²) in [5, 5.41) is 2.99. The van der Waals surface area contributed by atoms with Crippen LogP contribution in [-0.2, 0) is 12.8 Å². The number of amides is 3. The third kappa shape index (κ3) is 12.1. The van der Waals surface area contributed by atoms with Crippen molar-refractivity contribution in [2.75, 3.05) is 60.9 Å². The Morgan fingerprint density at radius 1 is 0.468 bits per heavy atom. The largest absolute Gasteiger partial charge is 0.351 e. The van der Waals surface area contributed by atoms with Crippen LogP contribution in [0.5, 0.6) is 0 Å². The number of likely N-dealkylation sites (tertiary alicyclic amines) is 2. The van der Waals surface area contributed by atoms with Crippen LogP contribution in [0.1, 0.15) is 115 Å². The zero-order chi connectivity index (χ0) is 64.1. The first kappa shape index (κ1) is 60.3. The molecular formula is C79H77N11O4. The Kier molecular flexibility index (Phi) is 16.4. The fraction of sp³-hybridized carbons (Fsp3) is 0.291. The molecule has 1 saturated carbocycles. The molecule has 15 rings (SSSR count). The number of Topliss-reactive ketones (excluding diaryl/α,β-unsaturated/α-hetero) is 1. The molecule has 94 heavy (non-hydrogen) atoms. The summed E-state index contributed by atoms with van der Waals surface area (Å²) in [6.07, 6.45) is 8.62. The fourth-order valence-corrected chi connectivity index (χ4v) is 15.2. The Balaban J connectivity index is 0.551. The number of rotatable bonds is 17. The van der Waals surface area contributed by atoms with E-state index in [1.807, 2.05) is 130 Å². The number of nitrogens with zero attached hydrogens (tertiary/aromatic N) is 8. The number of benzene rings is 8. The number of hydrogen-bond acceptors (Lipinski definition) is 10. The van der Waals surface area contributed by atoms with E-state index in [-0.39, 0.29) is 35.6 Å². The minimum Gasteiger partial charge on any atom is -0.351 e. The number of likely N-dealkylation sites (N-methyl/N-ethyl adjacent to an activating group) is 1. The van der Waals surface area contributed by atoms with Crippen molar-refractivity contribution in [3.63, 3.8) is 0 Å². The van der Waals surface area contributed by atoms with Gasteiger partial charge < -0.3 is 34.9 Å². The minimum atomic E-state index is -0.0701. The third-order valence-electron chi connectivity index (χ3n) is 20.2. The number of aromatic amines is 2. The van der Waals surface area contributed by atoms with E-state index >= 15 is 0 Å². The van der Waals surface area contributed by atoms with Crippen LogP contribution in [0.15, 0.2) is 180 Å². The second kappa shape index (κ2) is 25.5. The van der Waals surface area contributed by atoms with Gasteiger partial charge in [0.15, 0.2) is 5.78 Å². The summed E-state index contributed by atoms with van der Waals surface area (Å²) < 4.78 is 0. The molecule has 472 valence electrons. The molecule has 8 aromatic carbocycles. The van der Waals surface area contributed by atoms with Crippen molar-refractivity contribution >= 4 is 68.4 Å². The van der Waals surface area contributed by atoms with Gasteiger partial charge in [-0.25, -0.2) is 9.97 Å². The molecule has 2 aromatic heterocycles. The first-order chi connectivity index (χ1) is 45.8. The first-order valence-electron chi connectivity index (χ1n) is 33.4. The van der Waals surface area contributed by atoms with Crippen LogP contribution in [0.4, 0.5) is 11.4 Å². The molecule has 3 amide bonds. The van der Waals surface area contributed by atoms with E-state index in [9.17, 15) is 19.2 Å². The Morgan fingerprint density at radius 3 is 1.35 bits per heavy atom. The van der Waals surface area contributed by atoms with Gasteiger partial charge in [-0.3, -0.25) is 29.2 Å². The molecule has 15 heteroatoms. The number of carbonyl (C=O) groups is 4. The number of hydrogen-bond donors (Lipinski definition) is 3. The smallest absolute Gasteiger partial charge is 0.254 e. The summed E-state index contributed by atoms with van der Waals surface area (Å²) in [6, 6.07) is 57.3. The van der Waals surface area contributed by atoms with Crippen LogP contribution in [0.3, 0.4) is 0 Å². The highest BCUT2D eigenvalue weighted by Gasteiger charge is 2.48. The maximum Gasteiger partial charge on any atom is 0.254 e. The van der Waals surface area contributed by atoms with Gasteiger partial charge in [0, 0.05) is 90.9 Å². The molecule has 0 radical (unpaired) electrons. The summed E-state index contributed by atoms with van der Waals surface area (Å²) in [4.78, 5) is 90.0. The number of H-pyrrole nitrogens is 2. The maximum absolute atomic E-state index is 14.6. The number of aliphatic imine (C=N–C) groups is 2. The van der Waals surface area contributed by atoms with Gasteiger partial charge in [0.25, 0.3) is 17.7 Å². The fourth-order valence-electron chi connectivity index (χ4n) is 15.2. The second-order valence-electron chi connectivity index (χ2n) is 26.8. The predicted molar refractivity (Wildman–Crippen MR) is 374 cm³/mol. The quantitative estimate of drug-likeness (QED) is 0.0755. The molecule has 3 fully saturated rings. The molecule has 2 saturated heterocycles.